The number of hydrogen-bond acceptors (Lipinski definition) is 3. The van der Waals surface area contributed by atoms with Gasteiger partial charge in [-0.1, -0.05) is 19.1 Å². The van der Waals surface area contributed by atoms with Gasteiger partial charge in [-0.05, 0) is 31.2 Å². The van der Waals surface area contributed by atoms with E-state index >= 15 is 0 Å². The predicted molar refractivity (Wildman–Crippen MR) is 72.7 cm³/mol. The molecule has 0 atom stereocenters. The number of nitrogens with one attached hydrogen (secondary N) is 1. The van der Waals surface area contributed by atoms with Gasteiger partial charge in [0.05, 0.1) is 5.69 Å². The maximum Gasteiger partial charge on any atom is 0.165 e. The number of nitrogens with zero attached hydrogens (tertiary/aromatic N) is 1. The van der Waals surface area contributed by atoms with Crippen LogP contribution >= 0.6 is 0 Å². The van der Waals surface area contributed by atoms with Crippen molar-refractivity contribution in [1.29, 1.82) is 0 Å². The molecule has 0 unspecified atom stereocenters. The number of hydrogen-bond donors (Lipinski definition) is 1. The fraction of sp³-hybridized carbons (Fsp3) is 0.267. The highest BCUT2D eigenvalue weighted by Gasteiger charge is 2.04. The van der Waals surface area contributed by atoms with Crippen molar-refractivity contribution in [3.05, 3.63) is 54.1 Å². The lowest BCUT2D eigenvalue weighted by molar-refractivity contribution is 0.441. The monoisotopic (exact) mass is 260 g/mol. The van der Waals surface area contributed by atoms with Crippen molar-refractivity contribution in [3.63, 3.8) is 0 Å². The Bertz CT molecular complexity index is 531. The fourth-order valence-electron chi connectivity index (χ4n) is 1.66. The van der Waals surface area contributed by atoms with Crippen LogP contribution in [0.25, 0.3) is 0 Å². The van der Waals surface area contributed by atoms with E-state index in [0.29, 0.717) is 12.3 Å². The number of aromatic nitrogens is 1. The van der Waals surface area contributed by atoms with Crippen LogP contribution in [0.5, 0.6) is 11.5 Å². The first-order valence-electron chi connectivity index (χ1n) is 6.37. The number of ether oxygens (including phenoxy) is 1. The second-order valence-corrected chi connectivity index (χ2v) is 4.19. The third-order valence-corrected chi connectivity index (χ3v) is 2.59. The van der Waals surface area contributed by atoms with Crippen molar-refractivity contribution in [2.75, 3.05) is 6.54 Å². The largest absolute Gasteiger partial charge is 0.454 e. The first kappa shape index (κ1) is 13.5. The van der Waals surface area contributed by atoms with Gasteiger partial charge < -0.3 is 10.1 Å². The lowest BCUT2D eigenvalue weighted by atomic mass is 10.3. The summed E-state index contributed by atoms with van der Waals surface area (Å²) in [7, 11) is 0. The Labute approximate surface area is 112 Å². The maximum atomic E-state index is 13.5. The molecule has 1 heterocycles. The van der Waals surface area contributed by atoms with Crippen LogP contribution in [0, 0.1) is 5.82 Å². The van der Waals surface area contributed by atoms with Gasteiger partial charge in [0.15, 0.2) is 11.6 Å². The molecular weight excluding hydrogens is 243 g/mol. The molecule has 19 heavy (non-hydrogen) atoms. The molecule has 1 aromatic heterocycles. The van der Waals surface area contributed by atoms with E-state index in [1.807, 2.05) is 6.07 Å². The summed E-state index contributed by atoms with van der Waals surface area (Å²) >= 11 is 0. The van der Waals surface area contributed by atoms with Crippen LogP contribution < -0.4 is 10.1 Å². The molecule has 2 aromatic rings. The van der Waals surface area contributed by atoms with Crippen molar-refractivity contribution in [2.24, 2.45) is 0 Å². The molecule has 0 amide bonds. The molecule has 2 rings (SSSR count). The van der Waals surface area contributed by atoms with Gasteiger partial charge in [0.1, 0.15) is 5.75 Å². The standard InChI is InChI=1S/C15H17FN2O/c1-2-8-17-11-12-10-13(7-9-18-12)19-15-6-4-3-5-14(15)16/h3-7,9-10,17H,2,8,11H2,1H3. The van der Waals surface area contributed by atoms with Crippen LogP contribution in [0.15, 0.2) is 42.6 Å². The van der Waals surface area contributed by atoms with E-state index < -0.39 is 0 Å². The summed E-state index contributed by atoms with van der Waals surface area (Å²) in [6.45, 7) is 3.74. The Morgan fingerprint density at radius 3 is 2.89 bits per heavy atom. The van der Waals surface area contributed by atoms with Crippen LogP contribution in [-0.4, -0.2) is 11.5 Å². The fourth-order valence-corrected chi connectivity index (χ4v) is 1.66. The third-order valence-electron chi connectivity index (χ3n) is 2.59. The molecule has 0 radical (unpaired) electrons. The first-order valence-corrected chi connectivity index (χ1v) is 6.37. The molecule has 3 nitrogen and oxygen atoms in total. The van der Waals surface area contributed by atoms with Gasteiger partial charge in [0.2, 0.25) is 0 Å². The summed E-state index contributed by atoms with van der Waals surface area (Å²) in [6, 6.07) is 9.88. The van der Waals surface area contributed by atoms with Crippen LogP contribution in [0.4, 0.5) is 4.39 Å². The van der Waals surface area contributed by atoms with Gasteiger partial charge in [-0.3, -0.25) is 4.98 Å². The van der Waals surface area contributed by atoms with Crippen LogP contribution in [0.1, 0.15) is 19.0 Å². The molecule has 0 aliphatic carbocycles. The smallest absolute Gasteiger partial charge is 0.165 e. The van der Waals surface area contributed by atoms with Crippen molar-refractivity contribution < 1.29 is 9.13 Å². The van der Waals surface area contributed by atoms with E-state index in [1.165, 1.54) is 6.07 Å². The topological polar surface area (TPSA) is 34.1 Å². The molecule has 4 heteroatoms. The average molecular weight is 260 g/mol. The van der Waals surface area contributed by atoms with Crippen molar-refractivity contribution in [1.82, 2.24) is 10.3 Å². The summed E-state index contributed by atoms with van der Waals surface area (Å²) in [5, 5.41) is 3.26. The van der Waals surface area contributed by atoms with Gasteiger partial charge in [-0.2, -0.15) is 0 Å². The van der Waals surface area contributed by atoms with E-state index in [4.69, 9.17) is 4.74 Å². The third kappa shape index (κ3) is 4.03. The molecule has 0 spiro atoms. The van der Waals surface area contributed by atoms with E-state index in [-0.39, 0.29) is 11.6 Å². The molecule has 0 bridgehead atoms. The minimum Gasteiger partial charge on any atom is -0.454 e. The molecule has 1 aromatic carbocycles. The van der Waals surface area contributed by atoms with E-state index in [9.17, 15) is 4.39 Å². The summed E-state index contributed by atoms with van der Waals surface area (Å²) in [6.07, 6.45) is 2.74. The summed E-state index contributed by atoms with van der Waals surface area (Å²) in [4.78, 5) is 4.24. The Kier molecular flexibility index (Phi) is 4.86. The first-order chi connectivity index (χ1) is 9.29. The lowest BCUT2D eigenvalue weighted by Gasteiger charge is -2.08. The minimum atomic E-state index is -0.370. The molecule has 0 aliphatic heterocycles. The molecule has 0 saturated carbocycles. The van der Waals surface area contributed by atoms with Crippen molar-refractivity contribution in [2.45, 2.75) is 19.9 Å². The van der Waals surface area contributed by atoms with E-state index in [1.54, 1.807) is 30.5 Å². The molecular formula is C15H17FN2O. The van der Waals surface area contributed by atoms with Gasteiger partial charge in [0.25, 0.3) is 0 Å². The normalized spacial score (nSPS) is 10.4. The molecule has 1 N–H and O–H groups in total. The van der Waals surface area contributed by atoms with E-state index in [0.717, 1.165) is 18.7 Å². The van der Waals surface area contributed by atoms with Crippen molar-refractivity contribution in [3.8, 4) is 11.5 Å². The highest BCUT2D eigenvalue weighted by atomic mass is 19.1. The molecule has 0 aliphatic rings. The SMILES string of the molecule is CCCNCc1cc(Oc2ccccc2F)ccn1. The Balaban J connectivity index is 2.05. The van der Waals surface area contributed by atoms with Gasteiger partial charge in [0, 0.05) is 18.8 Å². The summed E-state index contributed by atoms with van der Waals surface area (Å²) in [5.41, 5.74) is 0.877. The quantitative estimate of drug-likeness (QED) is 0.807. The Morgan fingerprint density at radius 2 is 2.11 bits per heavy atom. The van der Waals surface area contributed by atoms with Crippen molar-refractivity contribution >= 4 is 0 Å². The zero-order valence-electron chi connectivity index (χ0n) is 10.9. The highest BCUT2D eigenvalue weighted by Crippen LogP contribution is 2.23. The summed E-state index contributed by atoms with van der Waals surface area (Å²) < 4.78 is 19.0. The average Bonchev–Trinajstić information content (AvgIpc) is 2.42. The zero-order chi connectivity index (χ0) is 13.5. The second kappa shape index (κ2) is 6.85. The molecule has 0 fully saturated rings. The minimum absolute atomic E-state index is 0.223. The van der Waals surface area contributed by atoms with Gasteiger partial charge in [-0.25, -0.2) is 4.39 Å². The number of benzene rings is 1. The lowest BCUT2D eigenvalue weighted by Crippen LogP contribution is -2.14. The van der Waals surface area contributed by atoms with Gasteiger partial charge in [-0.15, -0.1) is 0 Å². The Morgan fingerprint density at radius 1 is 1.26 bits per heavy atom. The Hall–Kier alpha value is -1.94. The number of halogens is 1. The van der Waals surface area contributed by atoms with E-state index in [2.05, 4.69) is 17.2 Å². The zero-order valence-corrected chi connectivity index (χ0v) is 10.9. The number of para-hydroxylation sites is 1. The van der Waals surface area contributed by atoms with Crippen LogP contribution in [0.3, 0.4) is 0 Å². The maximum absolute atomic E-state index is 13.5. The van der Waals surface area contributed by atoms with Crippen LogP contribution in [0.2, 0.25) is 0 Å². The second-order valence-electron chi connectivity index (χ2n) is 4.19. The molecule has 100 valence electrons. The summed E-state index contributed by atoms with van der Waals surface area (Å²) in [5.74, 6) is 0.444. The van der Waals surface area contributed by atoms with Gasteiger partial charge >= 0.3 is 0 Å². The number of rotatable bonds is 6. The predicted octanol–water partition coefficient (Wildman–Crippen LogP) is 3.51. The molecule has 0 saturated heterocycles. The van der Waals surface area contributed by atoms with Crippen LogP contribution in [-0.2, 0) is 6.54 Å². The number of pyridine rings is 1. The highest BCUT2D eigenvalue weighted by molar-refractivity contribution is 5.32.